The van der Waals surface area contributed by atoms with E-state index in [1.165, 1.54) is 18.2 Å². The minimum absolute atomic E-state index is 0. The number of phenolic OH excluding ortho intramolecular Hbond substituents is 1. The van der Waals surface area contributed by atoms with Crippen LogP contribution in [0, 0.1) is 6.92 Å². The van der Waals surface area contributed by atoms with Crippen molar-refractivity contribution in [1.82, 2.24) is 10.7 Å². The summed E-state index contributed by atoms with van der Waals surface area (Å²) < 4.78 is 6.22. The highest BCUT2D eigenvalue weighted by molar-refractivity contribution is 6.42. The third-order valence-electron chi connectivity index (χ3n) is 5.81. The van der Waals surface area contributed by atoms with Gasteiger partial charge in [0.2, 0.25) is 0 Å². The van der Waals surface area contributed by atoms with Crippen LogP contribution in [-0.2, 0) is 6.54 Å². The largest absolute Gasteiger partial charge is 0.506 e. The average Bonchev–Trinajstić information content (AvgIpc) is 2.93. The lowest BCUT2D eigenvalue weighted by Gasteiger charge is -2.16. The first-order chi connectivity index (χ1) is 18.8. The Labute approximate surface area is 245 Å². The molecule has 0 radical (unpaired) electrons. The summed E-state index contributed by atoms with van der Waals surface area (Å²) in [6.07, 6.45) is 1.57. The zero-order chi connectivity index (χ0) is 27.8. The molecular formula is C30H30Cl3N3O3. The SMILES string of the molecule is Cc1cc(/C=N/NC(=O)c2ccc(O)c(Cl)c2)cc(-c2ccccc2)c1OCCNCc1ccc(Cl)c(Cl)c1.[HH].[HH]. The Morgan fingerprint density at radius 1 is 0.974 bits per heavy atom. The van der Waals surface area contributed by atoms with Crippen LogP contribution in [0.1, 0.15) is 29.9 Å². The number of rotatable bonds is 10. The fourth-order valence-electron chi connectivity index (χ4n) is 3.89. The monoisotopic (exact) mass is 585 g/mol. The van der Waals surface area contributed by atoms with Gasteiger partial charge >= 0.3 is 0 Å². The third-order valence-corrected chi connectivity index (χ3v) is 6.85. The molecule has 1 amide bonds. The molecule has 4 aromatic carbocycles. The normalized spacial score (nSPS) is 11.1. The molecule has 0 aliphatic rings. The van der Waals surface area contributed by atoms with Crippen molar-refractivity contribution in [3.8, 4) is 22.6 Å². The number of aromatic hydroxyl groups is 1. The van der Waals surface area contributed by atoms with Crippen molar-refractivity contribution in [2.75, 3.05) is 13.2 Å². The van der Waals surface area contributed by atoms with Crippen molar-refractivity contribution in [2.24, 2.45) is 5.10 Å². The standard InChI is InChI=1S/C30H26Cl3N3O3.2H2/c1-19-13-21(18-35-36-30(38)23-8-10-28(37)27(33)16-23)14-24(22-5-3-2-4-6-22)29(19)39-12-11-34-17-20-7-9-25(31)26(32)15-20;;/h2-10,13-16,18,34,37H,11-12,17H2,1H3,(H,36,38);2*1H/b35-18+;;. The summed E-state index contributed by atoms with van der Waals surface area (Å²) in [4.78, 5) is 12.4. The number of hydrogen-bond donors (Lipinski definition) is 3. The number of nitrogens with one attached hydrogen (secondary N) is 2. The van der Waals surface area contributed by atoms with Crippen molar-refractivity contribution in [2.45, 2.75) is 13.5 Å². The van der Waals surface area contributed by atoms with Crippen LogP contribution in [0.5, 0.6) is 11.5 Å². The van der Waals surface area contributed by atoms with Crippen LogP contribution in [0.4, 0.5) is 0 Å². The van der Waals surface area contributed by atoms with E-state index in [2.05, 4.69) is 15.8 Å². The number of hydrazone groups is 1. The van der Waals surface area contributed by atoms with Crippen molar-refractivity contribution in [3.63, 3.8) is 0 Å². The van der Waals surface area contributed by atoms with E-state index in [0.29, 0.717) is 29.7 Å². The highest BCUT2D eigenvalue weighted by Gasteiger charge is 2.12. The molecule has 0 unspecified atom stereocenters. The first-order valence-electron chi connectivity index (χ1n) is 12.1. The lowest BCUT2D eigenvalue weighted by Crippen LogP contribution is -2.21. The number of benzene rings is 4. The van der Waals surface area contributed by atoms with Crippen LogP contribution < -0.4 is 15.5 Å². The molecule has 204 valence electrons. The Morgan fingerprint density at radius 3 is 2.51 bits per heavy atom. The molecule has 6 nitrogen and oxygen atoms in total. The molecule has 4 aromatic rings. The smallest absolute Gasteiger partial charge is 0.271 e. The molecule has 0 saturated heterocycles. The summed E-state index contributed by atoms with van der Waals surface area (Å²) in [5.74, 6) is 0.240. The van der Waals surface area contributed by atoms with E-state index in [1.807, 2.05) is 61.5 Å². The maximum Gasteiger partial charge on any atom is 0.271 e. The number of carbonyl (C=O) groups excluding carboxylic acids is 1. The van der Waals surface area contributed by atoms with E-state index in [1.54, 1.807) is 12.3 Å². The van der Waals surface area contributed by atoms with Gasteiger partial charge in [-0.05, 0) is 71.6 Å². The molecule has 0 aliphatic heterocycles. The summed E-state index contributed by atoms with van der Waals surface area (Å²) in [5, 5.41) is 18.2. The lowest BCUT2D eigenvalue weighted by molar-refractivity contribution is 0.0955. The number of amides is 1. The number of nitrogens with zero attached hydrogens (tertiary/aromatic N) is 1. The third kappa shape index (κ3) is 7.74. The van der Waals surface area contributed by atoms with Gasteiger partial charge in [0, 0.05) is 27.1 Å². The number of ether oxygens (including phenoxy) is 1. The molecule has 4 rings (SSSR count). The first kappa shape index (κ1) is 28.5. The second-order valence-corrected chi connectivity index (χ2v) is 9.94. The molecule has 0 fully saturated rings. The van der Waals surface area contributed by atoms with Gasteiger partial charge in [0.25, 0.3) is 5.91 Å². The summed E-state index contributed by atoms with van der Waals surface area (Å²) in [5.41, 5.74) is 7.45. The van der Waals surface area contributed by atoms with E-state index >= 15 is 0 Å². The predicted octanol–water partition coefficient (Wildman–Crippen LogP) is 7.75. The zero-order valence-corrected chi connectivity index (χ0v) is 23.3. The number of halogens is 3. The van der Waals surface area contributed by atoms with E-state index in [4.69, 9.17) is 39.5 Å². The fraction of sp³-hybridized carbons (Fsp3) is 0.133. The number of aryl methyl sites for hydroxylation is 1. The molecule has 0 atom stereocenters. The van der Waals surface area contributed by atoms with Gasteiger partial charge in [-0.15, -0.1) is 0 Å². The quantitative estimate of drug-likeness (QED) is 0.101. The maximum atomic E-state index is 12.4. The Balaban J connectivity index is 0.00000294. The second-order valence-electron chi connectivity index (χ2n) is 8.72. The van der Waals surface area contributed by atoms with Crippen molar-refractivity contribution >= 4 is 46.9 Å². The van der Waals surface area contributed by atoms with Crippen molar-refractivity contribution < 1.29 is 17.5 Å². The van der Waals surface area contributed by atoms with E-state index in [0.717, 1.165) is 33.6 Å². The van der Waals surface area contributed by atoms with Crippen molar-refractivity contribution in [3.05, 3.63) is 116 Å². The van der Waals surface area contributed by atoms with Gasteiger partial charge in [0.05, 0.1) is 21.3 Å². The average molecular weight is 587 g/mol. The summed E-state index contributed by atoms with van der Waals surface area (Å²) in [6.45, 7) is 3.70. The van der Waals surface area contributed by atoms with E-state index in [-0.39, 0.29) is 19.2 Å². The van der Waals surface area contributed by atoms with Gasteiger partial charge < -0.3 is 15.2 Å². The molecule has 0 saturated carbocycles. The molecule has 9 heteroatoms. The molecule has 0 aliphatic carbocycles. The van der Waals surface area contributed by atoms with Crippen LogP contribution in [-0.4, -0.2) is 30.4 Å². The van der Waals surface area contributed by atoms with Crippen LogP contribution in [0.3, 0.4) is 0 Å². The Kier molecular flexibility index (Phi) is 9.85. The number of hydrogen-bond acceptors (Lipinski definition) is 5. The van der Waals surface area contributed by atoms with Crippen LogP contribution in [0.2, 0.25) is 15.1 Å². The van der Waals surface area contributed by atoms with Gasteiger partial charge in [-0.1, -0.05) is 71.2 Å². The van der Waals surface area contributed by atoms with Gasteiger partial charge in [-0.3, -0.25) is 4.79 Å². The number of phenols is 1. The minimum atomic E-state index is -0.443. The summed E-state index contributed by atoms with van der Waals surface area (Å²) >= 11 is 18.0. The molecule has 0 bridgehead atoms. The van der Waals surface area contributed by atoms with Crippen molar-refractivity contribution in [1.29, 1.82) is 0 Å². The summed E-state index contributed by atoms with van der Waals surface area (Å²) in [7, 11) is 0. The van der Waals surface area contributed by atoms with Crippen LogP contribution in [0.25, 0.3) is 11.1 Å². The molecular weight excluding hydrogens is 557 g/mol. The fourth-order valence-corrected chi connectivity index (χ4v) is 4.39. The maximum absolute atomic E-state index is 12.4. The first-order valence-corrected chi connectivity index (χ1v) is 13.2. The zero-order valence-electron chi connectivity index (χ0n) is 21.0. The van der Waals surface area contributed by atoms with E-state index < -0.39 is 5.91 Å². The molecule has 0 heterocycles. The van der Waals surface area contributed by atoms with Gasteiger partial charge in [0.1, 0.15) is 18.1 Å². The Bertz CT molecular complexity index is 1510. The molecule has 0 aromatic heterocycles. The van der Waals surface area contributed by atoms with Gasteiger partial charge in [-0.25, -0.2) is 5.43 Å². The van der Waals surface area contributed by atoms with Crippen LogP contribution >= 0.6 is 34.8 Å². The summed E-state index contributed by atoms with van der Waals surface area (Å²) in [6, 6.07) is 23.6. The predicted molar refractivity (Wildman–Crippen MR) is 163 cm³/mol. The second kappa shape index (κ2) is 13.5. The van der Waals surface area contributed by atoms with Crippen LogP contribution in [0.15, 0.2) is 84.0 Å². The number of carbonyl (C=O) groups is 1. The van der Waals surface area contributed by atoms with Gasteiger partial charge in [0.15, 0.2) is 0 Å². The Hall–Kier alpha value is -3.55. The Morgan fingerprint density at radius 2 is 1.77 bits per heavy atom. The topological polar surface area (TPSA) is 83.0 Å². The molecule has 39 heavy (non-hydrogen) atoms. The van der Waals surface area contributed by atoms with E-state index in [9.17, 15) is 9.90 Å². The highest BCUT2D eigenvalue weighted by Crippen LogP contribution is 2.34. The molecule has 0 spiro atoms. The minimum Gasteiger partial charge on any atom is -0.506 e. The highest BCUT2D eigenvalue weighted by atomic mass is 35.5. The lowest BCUT2D eigenvalue weighted by atomic mass is 9.99. The molecule has 3 N–H and O–H groups in total. The van der Waals surface area contributed by atoms with Gasteiger partial charge in [-0.2, -0.15) is 5.10 Å².